The molecule has 0 spiro atoms. The summed E-state index contributed by atoms with van der Waals surface area (Å²) in [6.45, 7) is 2.86. The van der Waals surface area contributed by atoms with Crippen molar-refractivity contribution in [1.82, 2.24) is 15.5 Å². The summed E-state index contributed by atoms with van der Waals surface area (Å²) in [5, 5.41) is 7.08. The lowest BCUT2D eigenvalue weighted by molar-refractivity contribution is -0.127. The minimum atomic E-state index is 0.0312. The minimum absolute atomic E-state index is 0.0312. The van der Waals surface area contributed by atoms with Crippen LogP contribution in [0.1, 0.15) is 64.2 Å². The summed E-state index contributed by atoms with van der Waals surface area (Å²) in [6, 6.07) is 0. The monoisotopic (exact) mass is 380 g/mol. The number of nitrogens with zero attached hydrogens (tertiary/aromatic N) is 2. The fourth-order valence-electron chi connectivity index (χ4n) is 4.32. The van der Waals surface area contributed by atoms with Crippen molar-refractivity contribution in [3.8, 4) is 0 Å². The van der Waals surface area contributed by atoms with Crippen molar-refractivity contribution in [2.75, 3.05) is 47.4 Å². The number of likely N-dealkylation sites (N-methyl/N-ethyl adjacent to an activating group) is 1. The van der Waals surface area contributed by atoms with Gasteiger partial charge in [-0.25, -0.2) is 4.99 Å². The van der Waals surface area contributed by atoms with Crippen LogP contribution in [0.2, 0.25) is 0 Å². The van der Waals surface area contributed by atoms with Gasteiger partial charge in [-0.2, -0.15) is 0 Å². The van der Waals surface area contributed by atoms with Crippen molar-refractivity contribution < 1.29 is 9.53 Å². The molecule has 156 valence electrons. The van der Waals surface area contributed by atoms with E-state index in [0.29, 0.717) is 5.41 Å². The summed E-state index contributed by atoms with van der Waals surface area (Å²) in [4.78, 5) is 18.1. The number of aliphatic imine (C=N–C) groups is 1. The average Bonchev–Trinajstić information content (AvgIpc) is 3.15. The zero-order valence-corrected chi connectivity index (χ0v) is 17.7. The van der Waals surface area contributed by atoms with Crippen LogP contribution in [0.25, 0.3) is 0 Å². The number of methoxy groups -OCH3 is 1. The minimum Gasteiger partial charge on any atom is -0.385 e. The predicted octanol–water partition coefficient (Wildman–Crippen LogP) is 2.79. The lowest BCUT2D eigenvalue weighted by Crippen LogP contribution is -2.45. The number of carbonyl (C=O) groups excluding carboxylic acids is 1. The number of rotatable bonds is 9. The lowest BCUT2D eigenvalue weighted by atomic mass is 9.83. The van der Waals surface area contributed by atoms with Crippen molar-refractivity contribution >= 4 is 11.9 Å². The summed E-state index contributed by atoms with van der Waals surface area (Å²) >= 11 is 0. The van der Waals surface area contributed by atoms with E-state index in [1.54, 1.807) is 26.1 Å². The molecule has 0 aromatic rings. The molecule has 2 aliphatic rings. The quantitative estimate of drug-likeness (QED) is 0.477. The number of amides is 1. The molecule has 2 fully saturated rings. The molecule has 2 saturated carbocycles. The maximum absolute atomic E-state index is 12.0. The van der Waals surface area contributed by atoms with E-state index in [1.807, 2.05) is 0 Å². The molecule has 6 heteroatoms. The average molecular weight is 381 g/mol. The van der Waals surface area contributed by atoms with Crippen LogP contribution in [0, 0.1) is 11.3 Å². The first-order valence-corrected chi connectivity index (χ1v) is 10.8. The first-order valence-electron chi connectivity index (χ1n) is 10.8. The second-order valence-electron chi connectivity index (χ2n) is 8.64. The van der Waals surface area contributed by atoms with Crippen LogP contribution in [0.3, 0.4) is 0 Å². The molecule has 0 aromatic carbocycles. The van der Waals surface area contributed by atoms with E-state index in [4.69, 9.17) is 4.74 Å². The van der Waals surface area contributed by atoms with Gasteiger partial charge in [0.2, 0.25) is 5.91 Å². The summed E-state index contributed by atoms with van der Waals surface area (Å²) in [5.74, 6) is 1.55. The van der Waals surface area contributed by atoms with Gasteiger partial charge >= 0.3 is 0 Å². The molecule has 0 radical (unpaired) electrons. The summed E-state index contributed by atoms with van der Waals surface area (Å²) in [7, 11) is 5.33. The summed E-state index contributed by atoms with van der Waals surface area (Å²) in [5.41, 5.74) is 0.300. The predicted molar refractivity (Wildman–Crippen MR) is 111 cm³/mol. The van der Waals surface area contributed by atoms with Crippen molar-refractivity contribution in [3.63, 3.8) is 0 Å². The molecule has 2 aliphatic carbocycles. The molecule has 0 saturated heterocycles. The van der Waals surface area contributed by atoms with Crippen LogP contribution in [0.4, 0.5) is 0 Å². The Bertz CT molecular complexity index is 467. The fraction of sp³-hybridized carbons (Fsp3) is 0.905. The fourth-order valence-corrected chi connectivity index (χ4v) is 4.32. The zero-order valence-electron chi connectivity index (χ0n) is 17.7. The van der Waals surface area contributed by atoms with Gasteiger partial charge in [-0.1, -0.05) is 32.1 Å². The number of carbonyl (C=O) groups is 1. The van der Waals surface area contributed by atoms with E-state index in [-0.39, 0.29) is 12.5 Å². The number of ether oxygens (including phenoxy) is 1. The van der Waals surface area contributed by atoms with E-state index in [2.05, 4.69) is 15.6 Å². The number of nitrogens with one attached hydrogen (secondary N) is 2. The zero-order chi connectivity index (χ0) is 19.5. The highest BCUT2D eigenvalue weighted by atomic mass is 16.5. The van der Waals surface area contributed by atoms with Gasteiger partial charge in [-0.15, -0.1) is 0 Å². The van der Waals surface area contributed by atoms with Crippen LogP contribution in [0.15, 0.2) is 4.99 Å². The Morgan fingerprint density at radius 2 is 1.81 bits per heavy atom. The van der Waals surface area contributed by atoms with Gasteiger partial charge in [-0.05, 0) is 43.4 Å². The topological polar surface area (TPSA) is 66.0 Å². The molecule has 0 aliphatic heterocycles. The van der Waals surface area contributed by atoms with Crippen LogP contribution < -0.4 is 10.6 Å². The largest absolute Gasteiger partial charge is 0.385 e. The van der Waals surface area contributed by atoms with E-state index >= 15 is 0 Å². The normalized spacial score (nSPS) is 20.5. The third kappa shape index (κ3) is 7.68. The Labute approximate surface area is 165 Å². The van der Waals surface area contributed by atoms with Crippen molar-refractivity contribution in [3.05, 3.63) is 0 Å². The Balaban J connectivity index is 1.92. The van der Waals surface area contributed by atoms with Crippen LogP contribution in [-0.4, -0.2) is 64.2 Å². The standard InChI is InChI=1S/C21H40N4O2/c1-25(2)19(26)16-23-20(22-15-18-9-5-4-6-10-18)24-17-21(13-14-27-3)11-7-8-12-21/h18H,4-17H2,1-3H3,(H2,22,23,24). The molecular formula is C21H40N4O2. The molecule has 0 heterocycles. The maximum atomic E-state index is 12.0. The van der Waals surface area contributed by atoms with Crippen molar-refractivity contribution in [2.24, 2.45) is 16.3 Å². The van der Waals surface area contributed by atoms with Gasteiger partial charge in [0, 0.05) is 40.9 Å². The number of hydrogen-bond acceptors (Lipinski definition) is 3. The highest BCUT2D eigenvalue weighted by molar-refractivity contribution is 5.84. The van der Waals surface area contributed by atoms with Gasteiger partial charge in [0.25, 0.3) is 0 Å². The third-order valence-corrected chi connectivity index (χ3v) is 6.29. The molecule has 0 unspecified atom stereocenters. The van der Waals surface area contributed by atoms with Crippen molar-refractivity contribution in [2.45, 2.75) is 64.2 Å². The van der Waals surface area contributed by atoms with Crippen molar-refractivity contribution in [1.29, 1.82) is 0 Å². The van der Waals surface area contributed by atoms with Gasteiger partial charge in [-0.3, -0.25) is 4.79 Å². The highest BCUT2D eigenvalue weighted by Gasteiger charge is 2.33. The van der Waals surface area contributed by atoms with Crippen LogP contribution in [-0.2, 0) is 9.53 Å². The summed E-state index contributed by atoms with van der Waals surface area (Å²) in [6.07, 6.45) is 12.8. The van der Waals surface area contributed by atoms with E-state index < -0.39 is 0 Å². The van der Waals surface area contributed by atoms with E-state index in [9.17, 15) is 4.79 Å². The molecule has 2 rings (SSSR count). The summed E-state index contributed by atoms with van der Waals surface area (Å²) < 4.78 is 5.34. The Hall–Kier alpha value is -1.30. The van der Waals surface area contributed by atoms with Crippen LogP contribution in [0.5, 0.6) is 0 Å². The van der Waals surface area contributed by atoms with Crippen LogP contribution >= 0.6 is 0 Å². The number of guanidine groups is 1. The molecule has 6 nitrogen and oxygen atoms in total. The maximum Gasteiger partial charge on any atom is 0.243 e. The van der Waals surface area contributed by atoms with E-state index in [1.165, 1.54) is 57.8 Å². The first kappa shape index (κ1) is 22.0. The van der Waals surface area contributed by atoms with Gasteiger partial charge in [0.15, 0.2) is 5.96 Å². The smallest absolute Gasteiger partial charge is 0.243 e. The van der Waals surface area contributed by atoms with E-state index in [0.717, 1.165) is 38.0 Å². The Morgan fingerprint density at radius 1 is 1.11 bits per heavy atom. The second kappa shape index (κ2) is 11.5. The molecular weight excluding hydrogens is 340 g/mol. The second-order valence-corrected chi connectivity index (χ2v) is 8.64. The molecule has 27 heavy (non-hydrogen) atoms. The molecule has 0 aromatic heterocycles. The SMILES string of the molecule is COCCC1(CNC(=NCC(=O)N(C)C)NCC2CCCCC2)CCCC1. The molecule has 2 N–H and O–H groups in total. The van der Waals surface area contributed by atoms with Gasteiger partial charge in [0.1, 0.15) is 6.54 Å². The molecule has 0 atom stereocenters. The Kier molecular flexibility index (Phi) is 9.39. The highest BCUT2D eigenvalue weighted by Crippen LogP contribution is 2.40. The van der Waals surface area contributed by atoms with Gasteiger partial charge < -0.3 is 20.3 Å². The van der Waals surface area contributed by atoms with Gasteiger partial charge in [0.05, 0.1) is 0 Å². The third-order valence-electron chi connectivity index (χ3n) is 6.29. The molecule has 1 amide bonds. The lowest BCUT2D eigenvalue weighted by Gasteiger charge is -2.30. The first-order chi connectivity index (χ1) is 13.0. The Morgan fingerprint density at radius 3 is 2.44 bits per heavy atom. The number of hydrogen-bond donors (Lipinski definition) is 2. The molecule has 0 bridgehead atoms.